The summed E-state index contributed by atoms with van der Waals surface area (Å²) in [5, 5.41) is 18.7. The van der Waals surface area contributed by atoms with Crippen LogP contribution in [0.2, 0.25) is 0 Å². The third-order valence-corrected chi connectivity index (χ3v) is 3.40. The molecule has 1 aliphatic carbocycles. The van der Waals surface area contributed by atoms with Gasteiger partial charge in [-0.3, -0.25) is 4.90 Å². The molecule has 1 saturated carbocycles. The fourth-order valence-electron chi connectivity index (χ4n) is 2.57. The van der Waals surface area contributed by atoms with E-state index < -0.39 is 0 Å². The number of aliphatic hydroxyl groups is 1. The first kappa shape index (κ1) is 10.9. The Hall–Kier alpha value is -0.630. The Bertz CT molecular complexity index is 251. The lowest BCUT2D eigenvalue weighted by Gasteiger charge is -2.40. The lowest BCUT2D eigenvalue weighted by molar-refractivity contribution is -0.0556. The largest absolute Gasteiger partial charge is 0.391 e. The van der Waals surface area contributed by atoms with Crippen molar-refractivity contribution in [3.63, 3.8) is 0 Å². The minimum Gasteiger partial charge on any atom is -0.391 e. The fourth-order valence-corrected chi connectivity index (χ4v) is 2.57. The second-order valence-corrected chi connectivity index (χ2v) is 4.40. The van der Waals surface area contributed by atoms with Gasteiger partial charge in [0.2, 0.25) is 0 Å². The summed E-state index contributed by atoms with van der Waals surface area (Å²) < 4.78 is 5.30. The number of hydrogen-bond donors (Lipinski definition) is 1. The van der Waals surface area contributed by atoms with E-state index >= 15 is 0 Å². The molecule has 1 heterocycles. The van der Waals surface area contributed by atoms with Gasteiger partial charge in [0.05, 0.1) is 18.8 Å². The molecule has 4 nitrogen and oxygen atoms in total. The van der Waals surface area contributed by atoms with Crippen LogP contribution < -0.4 is 0 Å². The summed E-state index contributed by atoms with van der Waals surface area (Å²) in [6, 6.07) is 2.39. The number of morpholine rings is 1. The molecule has 2 fully saturated rings. The molecule has 3 atom stereocenters. The fraction of sp³-hybridized carbons (Fsp3) is 0.909. The van der Waals surface area contributed by atoms with Crippen LogP contribution in [0.25, 0.3) is 0 Å². The van der Waals surface area contributed by atoms with Gasteiger partial charge in [0.1, 0.15) is 0 Å². The smallest absolute Gasteiger partial charge is 0.156 e. The Morgan fingerprint density at radius 2 is 2.13 bits per heavy atom. The highest BCUT2D eigenvalue weighted by Crippen LogP contribution is 2.24. The zero-order chi connectivity index (χ0) is 10.7. The number of hydrogen-bond acceptors (Lipinski definition) is 4. The summed E-state index contributed by atoms with van der Waals surface area (Å²) in [6.45, 7) is 2.11. The summed E-state index contributed by atoms with van der Waals surface area (Å²) >= 11 is 0. The summed E-state index contributed by atoms with van der Waals surface area (Å²) in [7, 11) is 0. The van der Waals surface area contributed by atoms with E-state index in [-0.39, 0.29) is 18.2 Å². The molecule has 0 amide bonds. The maximum atomic E-state index is 9.91. The van der Waals surface area contributed by atoms with E-state index in [9.17, 15) is 5.11 Å². The average molecular weight is 210 g/mol. The highest BCUT2D eigenvalue weighted by atomic mass is 16.5. The molecule has 0 aromatic carbocycles. The minimum absolute atomic E-state index is 0.212. The molecule has 84 valence electrons. The summed E-state index contributed by atoms with van der Waals surface area (Å²) in [6.07, 6.45) is 3.75. The van der Waals surface area contributed by atoms with Gasteiger partial charge < -0.3 is 9.84 Å². The van der Waals surface area contributed by atoms with Crippen LogP contribution in [0.1, 0.15) is 25.7 Å². The molecule has 2 aliphatic rings. The first-order valence-corrected chi connectivity index (χ1v) is 5.74. The standard InChI is InChI=1S/C11H18N2O2/c12-7-9-8-13(5-6-15-9)10-3-1-2-4-11(10)14/h9-11,14H,1-6,8H2/t9?,10-,11-/m1/s1. The number of nitrogens with zero attached hydrogens (tertiary/aromatic N) is 2. The molecule has 0 spiro atoms. The van der Waals surface area contributed by atoms with Crippen molar-refractivity contribution in [2.45, 2.75) is 43.9 Å². The van der Waals surface area contributed by atoms with Gasteiger partial charge in [-0.25, -0.2) is 0 Å². The van der Waals surface area contributed by atoms with Gasteiger partial charge in [-0.1, -0.05) is 12.8 Å². The molecule has 4 heteroatoms. The van der Waals surface area contributed by atoms with Crippen molar-refractivity contribution in [1.29, 1.82) is 5.26 Å². The number of aliphatic hydroxyl groups excluding tert-OH is 1. The number of ether oxygens (including phenoxy) is 1. The maximum Gasteiger partial charge on any atom is 0.156 e. The van der Waals surface area contributed by atoms with Crippen LogP contribution in [0.15, 0.2) is 0 Å². The van der Waals surface area contributed by atoms with Crippen molar-refractivity contribution >= 4 is 0 Å². The van der Waals surface area contributed by atoms with Gasteiger partial charge in [-0.05, 0) is 12.8 Å². The monoisotopic (exact) mass is 210 g/mol. The summed E-state index contributed by atoms with van der Waals surface area (Å²) in [4.78, 5) is 2.22. The quantitative estimate of drug-likeness (QED) is 0.685. The van der Waals surface area contributed by atoms with Crippen LogP contribution in [0.4, 0.5) is 0 Å². The van der Waals surface area contributed by atoms with Crippen LogP contribution in [-0.4, -0.2) is 48.0 Å². The van der Waals surface area contributed by atoms with Crippen molar-refractivity contribution in [1.82, 2.24) is 4.90 Å². The van der Waals surface area contributed by atoms with Gasteiger partial charge in [-0.15, -0.1) is 0 Å². The molecular formula is C11H18N2O2. The predicted molar refractivity (Wildman–Crippen MR) is 55.2 cm³/mol. The minimum atomic E-state index is -0.312. The number of rotatable bonds is 1. The Morgan fingerprint density at radius 3 is 2.87 bits per heavy atom. The van der Waals surface area contributed by atoms with Gasteiger partial charge in [0.25, 0.3) is 0 Å². The van der Waals surface area contributed by atoms with E-state index in [1.807, 2.05) is 0 Å². The molecule has 1 unspecified atom stereocenters. The molecule has 0 bridgehead atoms. The molecule has 1 N–H and O–H groups in total. The van der Waals surface area contributed by atoms with Crippen molar-refractivity contribution < 1.29 is 9.84 Å². The summed E-state index contributed by atoms with van der Waals surface area (Å²) in [5.41, 5.74) is 0. The third-order valence-electron chi connectivity index (χ3n) is 3.40. The van der Waals surface area contributed by atoms with Crippen LogP contribution >= 0.6 is 0 Å². The predicted octanol–water partition coefficient (Wildman–Crippen LogP) is 0.514. The Morgan fingerprint density at radius 1 is 1.33 bits per heavy atom. The van der Waals surface area contributed by atoms with Crippen molar-refractivity contribution in [3.8, 4) is 6.07 Å². The van der Waals surface area contributed by atoms with Gasteiger partial charge >= 0.3 is 0 Å². The van der Waals surface area contributed by atoms with Crippen molar-refractivity contribution in [2.24, 2.45) is 0 Å². The lowest BCUT2D eigenvalue weighted by atomic mass is 9.91. The van der Waals surface area contributed by atoms with E-state index in [1.165, 1.54) is 6.42 Å². The normalized spacial score (nSPS) is 38.5. The Balaban J connectivity index is 1.94. The SMILES string of the molecule is N#CC1CN([C@@H]2CCCC[C@H]2O)CCO1. The molecule has 1 aliphatic heterocycles. The van der Waals surface area contributed by atoms with Crippen molar-refractivity contribution in [3.05, 3.63) is 0 Å². The molecule has 1 saturated heterocycles. The second kappa shape index (κ2) is 4.93. The molecule has 2 rings (SSSR count). The van der Waals surface area contributed by atoms with Crippen LogP contribution in [0, 0.1) is 11.3 Å². The average Bonchev–Trinajstić information content (AvgIpc) is 2.30. The van der Waals surface area contributed by atoms with Gasteiger partial charge in [-0.2, -0.15) is 5.26 Å². The Kier molecular flexibility index (Phi) is 3.57. The van der Waals surface area contributed by atoms with Crippen molar-refractivity contribution in [2.75, 3.05) is 19.7 Å². The molecular weight excluding hydrogens is 192 g/mol. The van der Waals surface area contributed by atoms with E-state index in [0.29, 0.717) is 13.2 Å². The summed E-state index contributed by atoms with van der Waals surface area (Å²) in [5.74, 6) is 0. The second-order valence-electron chi connectivity index (χ2n) is 4.40. The molecule has 0 radical (unpaired) electrons. The third kappa shape index (κ3) is 2.49. The highest BCUT2D eigenvalue weighted by molar-refractivity contribution is 4.93. The van der Waals surface area contributed by atoms with Gasteiger partial charge in [0.15, 0.2) is 6.10 Å². The van der Waals surface area contributed by atoms with Crippen LogP contribution in [0.5, 0.6) is 0 Å². The van der Waals surface area contributed by atoms with Crippen LogP contribution in [-0.2, 0) is 4.74 Å². The number of nitriles is 1. The lowest BCUT2D eigenvalue weighted by Crippen LogP contribution is -2.52. The molecule has 0 aromatic rings. The van der Waals surface area contributed by atoms with E-state index in [1.54, 1.807) is 0 Å². The van der Waals surface area contributed by atoms with E-state index in [0.717, 1.165) is 25.8 Å². The van der Waals surface area contributed by atoms with E-state index in [2.05, 4.69) is 11.0 Å². The Labute approximate surface area is 90.4 Å². The zero-order valence-corrected chi connectivity index (χ0v) is 8.93. The van der Waals surface area contributed by atoms with Crippen LogP contribution in [0.3, 0.4) is 0 Å². The molecule has 0 aromatic heterocycles. The maximum absolute atomic E-state index is 9.91. The first-order valence-electron chi connectivity index (χ1n) is 5.74. The molecule has 15 heavy (non-hydrogen) atoms. The first-order chi connectivity index (χ1) is 7.31. The highest BCUT2D eigenvalue weighted by Gasteiger charge is 2.32. The zero-order valence-electron chi connectivity index (χ0n) is 8.93. The van der Waals surface area contributed by atoms with E-state index in [4.69, 9.17) is 10.00 Å². The van der Waals surface area contributed by atoms with Gasteiger partial charge in [0, 0.05) is 19.1 Å². The topological polar surface area (TPSA) is 56.5 Å².